The number of sulfonamides is 1. The van der Waals surface area contributed by atoms with Gasteiger partial charge in [0.15, 0.2) is 0 Å². The molecule has 1 aromatic heterocycles. The fraction of sp³-hybridized carbons (Fsp3) is 0.615. The van der Waals surface area contributed by atoms with Gasteiger partial charge in [0, 0.05) is 24.4 Å². The minimum absolute atomic E-state index is 0.145. The Morgan fingerprint density at radius 1 is 1.43 bits per heavy atom. The van der Waals surface area contributed by atoms with Gasteiger partial charge >= 0.3 is 0 Å². The van der Waals surface area contributed by atoms with E-state index in [2.05, 4.69) is 17.0 Å². The first-order chi connectivity index (χ1) is 9.89. The van der Waals surface area contributed by atoms with Gasteiger partial charge in [0.25, 0.3) is 0 Å². The van der Waals surface area contributed by atoms with Crippen molar-refractivity contribution >= 4 is 27.3 Å². The van der Waals surface area contributed by atoms with Gasteiger partial charge in [-0.2, -0.15) is 0 Å². The molecule has 0 bridgehead atoms. The first-order valence-corrected chi connectivity index (χ1v) is 9.24. The Balaban J connectivity index is 2.71. The average Bonchev–Trinajstić information content (AvgIpc) is 2.90. The molecule has 21 heavy (non-hydrogen) atoms. The van der Waals surface area contributed by atoms with Crippen molar-refractivity contribution in [1.29, 1.82) is 0 Å². The molecule has 0 saturated heterocycles. The Kier molecular flexibility index (Phi) is 7.30. The normalized spacial score (nSPS) is 13.1. The number of unbranched alkanes of at least 4 members (excludes halogenated alkanes) is 1. The Hall–Kier alpha value is -0.960. The maximum atomic E-state index is 12.3. The zero-order valence-electron chi connectivity index (χ0n) is 12.4. The summed E-state index contributed by atoms with van der Waals surface area (Å²) >= 11 is 1.15. The van der Waals surface area contributed by atoms with E-state index in [0.717, 1.165) is 35.5 Å². The lowest BCUT2D eigenvalue weighted by Gasteiger charge is -2.15. The highest BCUT2D eigenvalue weighted by molar-refractivity contribution is 7.91. The number of hydrogen-bond acceptors (Lipinski definition) is 5. The smallest absolute Gasteiger partial charge is 0.250 e. The van der Waals surface area contributed by atoms with E-state index >= 15 is 0 Å². The molecule has 8 heteroatoms. The van der Waals surface area contributed by atoms with Crippen LogP contribution in [-0.4, -0.2) is 26.9 Å². The maximum absolute atomic E-state index is 12.3. The summed E-state index contributed by atoms with van der Waals surface area (Å²) in [6, 6.07) is 3.02. The van der Waals surface area contributed by atoms with Gasteiger partial charge in [-0.3, -0.25) is 4.79 Å². The molecular formula is C13H23N3O3S2. The summed E-state index contributed by atoms with van der Waals surface area (Å²) in [5.41, 5.74) is 5.61. The van der Waals surface area contributed by atoms with Crippen LogP contribution in [0.3, 0.4) is 0 Å². The summed E-state index contributed by atoms with van der Waals surface area (Å²) in [5.74, 6) is -0.145. The van der Waals surface area contributed by atoms with Crippen LogP contribution in [0, 0.1) is 0 Å². The first-order valence-electron chi connectivity index (χ1n) is 6.94. The monoisotopic (exact) mass is 333 g/mol. The SMILES string of the molecule is CCCCC(CN)NS(=O)(=O)c1ccc(CNC(C)=O)s1. The summed E-state index contributed by atoms with van der Waals surface area (Å²) in [4.78, 5) is 11.6. The molecule has 0 aliphatic heterocycles. The van der Waals surface area contributed by atoms with Gasteiger partial charge in [-0.1, -0.05) is 19.8 Å². The second kappa shape index (κ2) is 8.47. The Bertz CT molecular complexity index is 555. The number of amides is 1. The Morgan fingerprint density at radius 2 is 2.14 bits per heavy atom. The van der Waals surface area contributed by atoms with Crippen LogP contribution in [-0.2, 0) is 21.4 Å². The molecule has 120 valence electrons. The predicted octanol–water partition coefficient (Wildman–Crippen LogP) is 1.18. The largest absolute Gasteiger partial charge is 0.351 e. The molecule has 4 N–H and O–H groups in total. The van der Waals surface area contributed by atoms with Crippen molar-refractivity contribution in [2.24, 2.45) is 5.73 Å². The van der Waals surface area contributed by atoms with Gasteiger partial charge in [-0.25, -0.2) is 13.1 Å². The standard InChI is InChI=1S/C13H23N3O3S2/c1-3-4-5-11(8-14)16-21(18,19)13-7-6-12(20-13)9-15-10(2)17/h6-7,11,16H,3-5,8-9,14H2,1-2H3,(H,15,17). The molecule has 6 nitrogen and oxygen atoms in total. The van der Waals surface area contributed by atoms with Crippen molar-refractivity contribution in [2.75, 3.05) is 6.54 Å². The number of thiophene rings is 1. The molecule has 0 aliphatic rings. The maximum Gasteiger partial charge on any atom is 0.250 e. The van der Waals surface area contributed by atoms with Crippen LogP contribution < -0.4 is 15.8 Å². The Labute approximate surface area is 130 Å². The highest BCUT2D eigenvalue weighted by Crippen LogP contribution is 2.22. The van der Waals surface area contributed by atoms with E-state index in [9.17, 15) is 13.2 Å². The summed E-state index contributed by atoms with van der Waals surface area (Å²) in [7, 11) is -3.54. The summed E-state index contributed by atoms with van der Waals surface area (Å²) < 4.78 is 27.4. The predicted molar refractivity (Wildman–Crippen MR) is 84.5 cm³/mol. The number of carbonyl (C=O) groups excluding carboxylic acids is 1. The van der Waals surface area contributed by atoms with Gasteiger partial charge in [-0.15, -0.1) is 11.3 Å². The summed E-state index contributed by atoms with van der Waals surface area (Å²) in [5, 5.41) is 2.64. The van der Waals surface area contributed by atoms with Crippen molar-refractivity contribution in [1.82, 2.24) is 10.0 Å². The van der Waals surface area contributed by atoms with E-state index < -0.39 is 10.0 Å². The van der Waals surface area contributed by atoms with Gasteiger partial charge in [0.05, 0.1) is 6.54 Å². The highest BCUT2D eigenvalue weighted by atomic mass is 32.2. The van der Waals surface area contributed by atoms with Crippen LogP contribution in [0.2, 0.25) is 0 Å². The average molecular weight is 333 g/mol. The lowest BCUT2D eigenvalue weighted by atomic mass is 10.1. The lowest BCUT2D eigenvalue weighted by molar-refractivity contribution is -0.119. The van der Waals surface area contributed by atoms with E-state index in [4.69, 9.17) is 5.73 Å². The number of nitrogens with two attached hydrogens (primary N) is 1. The van der Waals surface area contributed by atoms with Crippen molar-refractivity contribution < 1.29 is 13.2 Å². The topological polar surface area (TPSA) is 101 Å². The molecular weight excluding hydrogens is 310 g/mol. The molecule has 1 rings (SSSR count). The van der Waals surface area contributed by atoms with E-state index in [1.165, 1.54) is 6.92 Å². The molecule has 0 radical (unpaired) electrons. The molecule has 0 fully saturated rings. The molecule has 1 heterocycles. The highest BCUT2D eigenvalue weighted by Gasteiger charge is 2.20. The molecule has 0 spiro atoms. The zero-order chi connectivity index (χ0) is 15.9. The van der Waals surface area contributed by atoms with Crippen molar-refractivity contribution in [3.8, 4) is 0 Å². The molecule has 1 unspecified atom stereocenters. The second-order valence-electron chi connectivity index (χ2n) is 4.83. The first kappa shape index (κ1) is 18.1. The zero-order valence-corrected chi connectivity index (χ0v) is 14.0. The molecule has 0 aliphatic carbocycles. The third-order valence-corrected chi connectivity index (χ3v) is 6.02. The van der Waals surface area contributed by atoms with E-state index in [1.54, 1.807) is 12.1 Å². The number of hydrogen-bond donors (Lipinski definition) is 3. The van der Waals surface area contributed by atoms with E-state index in [-0.39, 0.29) is 22.7 Å². The van der Waals surface area contributed by atoms with Crippen molar-refractivity contribution in [3.63, 3.8) is 0 Å². The number of carbonyl (C=O) groups is 1. The fourth-order valence-corrected chi connectivity index (χ4v) is 4.36. The van der Waals surface area contributed by atoms with Crippen LogP contribution in [0.15, 0.2) is 16.3 Å². The summed E-state index contributed by atoms with van der Waals surface area (Å²) in [6.07, 6.45) is 2.66. The van der Waals surface area contributed by atoms with Gasteiger partial charge < -0.3 is 11.1 Å². The quantitative estimate of drug-likeness (QED) is 0.631. The van der Waals surface area contributed by atoms with Gasteiger partial charge in [0.1, 0.15) is 4.21 Å². The number of rotatable bonds is 9. The molecule has 0 aromatic carbocycles. The lowest BCUT2D eigenvalue weighted by Crippen LogP contribution is -2.39. The summed E-state index contributed by atoms with van der Waals surface area (Å²) in [6.45, 7) is 4.09. The minimum Gasteiger partial charge on any atom is -0.351 e. The minimum atomic E-state index is -3.54. The fourth-order valence-electron chi connectivity index (χ4n) is 1.76. The number of nitrogens with one attached hydrogen (secondary N) is 2. The van der Waals surface area contributed by atoms with Gasteiger partial charge in [0.2, 0.25) is 15.9 Å². The van der Waals surface area contributed by atoms with Crippen molar-refractivity contribution in [3.05, 3.63) is 17.0 Å². The van der Waals surface area contributed by atoms with E-state index in [0.29, 0.717) is 6.54 Å². The Morgan fingerprint density at radius 3 is 2.71 bits per heavy atom. The molecule has 1 atom stereocenters. The van der Waals surface area contributed by atoms with Gasteiger partial charge in [-0.05, 0) is 18.6 Å². The van der Waals surface area contributed by atoms with Crippen LogP contribution in [0.25, 0.3) is 0 Å². The molecule has 1 aromatic rings. The third kappa shape index (κ3) is 6.13. The van der Waals surface area contributed by atoms with Crippen LogP contribution in [0.4, 0.5) is 0 Å². The van der Waals surface area contributed by atoms with Crippen LogP contribution in [0.1, 0.15) is 38.0 Å². The molecule has 1 amide bonds. The van der Waals surface area contributed by atoms with Crippen molar-refractivity contribution in [2.45, 2.75) is 49.9 Å². The van der Waals surface area contributed by atoms with E-state index in [1.807, 2.05) is 0 Å². The second-order valence-corrected chi connectivity index (χ2v) is 7.94. The van der Waals surface area contributed by atoms with Crippen LogP contribution in [0.5, 0.6) is 0 Å². The van der Waals surface area contributed by atoms with Crippen LogP contribution >= 0.6 is 11.3 Å². The molecule has 0 saturated carbocycles. The third-order valence-electron chi connectivity index (χ3n) is 2.93.